The fourth-order valence-electron chi connectivity index (χ4n) is 1.05. The van der Waals surface area contributed by atoms with Crippen molar-refractivity contribution in [1.29, 1.82) is 5.26 Å². The van der Waals surface area contributed by atoms with Gasteiger partial charge in [-0.3, -0.25) is 0 Å². The van der Waals surface area contributed by atoms with Gasteiger partial charge in [0.15, 0.2) is 0 Å². The van der Waals surface area contributed by atoms with Crippen LogP contribution in [0.4, 0.5) is 0 Å². The van der Waals surface area contributed by atoms with E-state index in [9.17, 15) is 0 Å². The first kappa shape index (κ1) is 13.4. The van der Waals surface area contributed by atoms with Gasteiger partial charge in [0, 0.05) is 6.54 Å². The summed E-state index contributed by atoms with van der Waals surface area (Å²) in [5.74, 6) is 0. The fraction of sp³-hybridized carbons (Fsp3) is 0.909. The van der Waals surface area contributed by atoms with E-state index in [0.717, 1.165) is 25.9 Å². The van der Waals surface area contributed by atoms with E-state index in [1.807, 2.05) is 20.9 Å². The Labute approximate surface area is 87.3 Å². The molecule has 0 rings (SSSR count). The van der Waals surface area contributed by atoms with Gasteiger partial charge in [0.25, 0.3) is 0 Å². The quantitative estimate of drug-likeness (QED) is 0.705. The van der Waals surface area contributed by atoms with Gasteiger partial charge < -0.3 is 10.0 Å². The average molecular weight is 198 g/mol. The van der Waals surface area contributed by atoms with Crippen LogP contribution in [0.15, 0.2) is 0 Å². The van der Waals surface area contributed by atoms with Gasteiger partial charge in [-0.1, -0.05) is 0 Å². The van der Waals surface area contributed by atoms with Crippen molar-refractivity contribution in [2.75, 3.05) is 20.1 Å². The Bertz CT molecular complexity index is 194. The maximum atomic E-state index is 9.10. The van der Waals surface area contributed by atoms with Gasteiger partial charge in [-0.25, -0.2) is 0 Å². The molecule has 0 aromatic carbocycles. The van der Waals surface area contributed by atoms with Crippen LogP contribution in [0.3, 0.4) is 0 Å². The van der Waals surface area contributed by atoms with Gasteiger partial charge in [0.05, 0.1) is 17.6 Å². The maximum Gasteiger partial charge on any atom is 0.0684 e. The van der Waals surface area contributed by atoms with Crippen molar-refractivity contribution < 1.29 is 5.11 Å². The lowest BCUT2D eigenvalue weighted by Gasteiger charge is -2.21. The summed E-state index contributed by atoms with van der Waals surface area (Å²) in [4.78, 5) is 2.16. The molecule has 3 heteroatoms. The maximum absolute atomic E-state index is 9.10. The van der Waals surface area contributed by atoms with Crippen molar-refractivity contribution in [1.82, 2.24) is 4.90 Å². The van der Waals surface area contributed by atoms with Crippen molar-refractivity contribution in [2.45, 2.75) is 39.7 Å². The molecule has 0 aromatic rings. The van der Waals surface area contributed by atoms with Crippen LogP contribution in [0.25, 0.3) is 0 Å². The monoisotopic (exact) mass is 198 g/mol. The molecule has 0 saturated carbocycles. The third-order valence-corrected chi connectivity index (χ3v) is 2.35. The van der Waals surface area contributed by atoms with Crippen LogP contribution in [-0.2, 0) is 0 Å². The molecule has 0 spiro atoms. The Morgan fingerprint density at radius 2 is 2.00 bits per heavy atom. The molecular weight excluding hydrogens is 176 g/mol. The summed E-state index contributed by atoms with van der Waals surface area (Å²) >= 11 is 0. The Kier molecular flexibility index (Phi) is 5.75. The molecule has 0 amide bonds. The molecule has 1 N–H and O–H groups in total. The minimum absolute atomic E-state index is 0.235. The third kappa shape index (κ3) is 6.88. The van der Waals surface area contributed by atoms with Gasteiger partial charge in [-0.05, 0) is 47.2 Å². The lowest BCUT2D eigenvalue weighted by atomic mass is 9.91. The number of nitrogens with zero attached hydrogens (tertiary/aromatic N) is 2. The van der Waals surface area contributed by atoms with Crippen LogP contribution in [0.5, 0.6) is 0 Å². The zero-order chi connectivity index (χ0) is 11.2. The molecule has 0 aliphatic rings. The normalized spacial score (nSPS) is 14.1. The van der Waals surface area contributed by atoms with Crippen LogP contribution < -0.4 is 0 Å². The summed E-state index contributed by atoms with van der Waals surface area (Å²) in [5.41, 5.74) is -0.237. The highest BCUT2D eigenvalue weighted by molar-refractivity contribution is 4.91. The second kappa shape index (κ2) is 6.00. The zero-order valence-corrected chi connectivity index (χ0v) is 9.75. The SMILES string of the molecule is CC(O)CCN(C)CCC(C)(C)C#N. The van der Waals surface area contributed by atoms with Crippen LogP contribution in [0, 0.1) is 16.7 Å². The average Bonchev–Trinajstić information content (AvgIpc) is 2.11. The molecule has 1 unspecified atom stereocenters. The summed E-state index contributed by atoms with van der Waals surface area (Å²) in [6, 6.07) is 2.29. The largest absolute Gasteiger partial charge is 0.393 e. The Hall–Kier alpha value is -0.590. The molecule has 0 heterocycles. The summed E-state index contributed by atoms with van der Waals surface area (Å²) in [6.45, 7) is 7.50. The van der Waals surface area contributed by atoms with Gasteiger partial charge in [0.2, 0.25) is 0 Å². The molecule has 0 aliphatic carbocycles. The lowest BCUT2D eigenvalue weighted by Crippen LogP contribution is -2.26. The minimum Gasteiger partial charge on any atom is -0.393 e. The van der Waals surface area contributed by atoms with Gasteiger partial charge >= 0.3 is 0 Å². The van der Waals surface area contributed by atoms with Crippen molar-refractivity contribution in [3.63, 3.8) is 0 Å². The van der Waals surface area contributed by atoms with Crippen molar-refractivity contribution in [3.8, 4) is 6.07 Å². The number of hydrogen-bond acceptors (Lipinski definition) is 3. The van der Waals surface area contributed by atoms with Crippen molar-refractivity contribution in [2.24, 2.45) is 5.41 Å². The molecule has 0 radical (unpaired) electrons. The van der Waals surface area contributed by atoms with E-state index < -0.39 is 0 Å². The first-order valence-electron chi connectivity index (χ1n) is 5.15. The van der Waals surface area contributed by atoms with Gasteiger partial charge in [-0.15, -0.1) is 0 Å². The molecule has 0 bridgehead atoms. The molecule has 0 aromatic heterocycles. The first-order chi connectivity index (χ1) is 6.37. The molecule has 3 nitrogen and oxygen atoms in total. The van der Waals surface area contributed by atoms with Crippen LogP contribution in [0.1, 0.15) is 33.6 Å². The van der Waals surface area contributed by atoms with Crippen LogP contribution in [-0.4, -0.2) is 36.2 Å². The number of aliphatic hydroxyl groups excluding tert-OH is 1. The molecule has 0 fully saturated rings. The highest BCUT2D eigenvalue weighted by atomic mass is 16.3. The van der Waals surface area contributed by atoms with Crippen LogP contribution >= 0.6 is 0 Å². The van der Waals surface area contributed by atoms with E-state index in [-0.39, 0.29) is 11.5 Å². The predicted molar refractivity (Wildman–Crippen MR) is 57.8 cm³/mol. The van der Waals surface area contributed by atoms with E-state index in [1.165, 1.54) is 0 Å². The molecule has 1 atom stereocenters. The van der Waals surface area contributed by atoms with Gasteiger partial charge in [0.1, 0.15) is 0 Å². The van der Waals surface area contributed by atoms with Crippen LogP contribution in [0.2, 0.25) is 0 Å². The molecule has 14 heavy (non-hydrogen) atoms. The van der Waals surface area contributed by atoms with Crippen molar-refractivity contribution in [3.05, 3.63) is 0 Å². The van der Waals surface area contributed by atoms with E-state index in [2.05, 4.69) is 11.0 Å². The second-order valence-corrected chi connectivity index (χ2v) is 4.69. The van der Waals surface area contributed by atoms with E-state index in [0.29, 0.717) is 0 Å². The molecular formula is C11H22N2O. The molecule has 82 valence electrons. The Morgan fingerprint density at radius 1 is 1.43 bits per heavy atom. The summed E-state index contributed by atoms with van der Waals surface area (Å²) in [6.07, 6.45) is 1.44. The van der Waals surface area contributed by atoms with E-state index in [1.54, 1.807) is 6.92 Å². The second-order valence-electron chi connectivity index (χ2n) is 4.69. The van der Waals surface area contributed by atoms with E-state index in [4.69, 9.17) is 10.4 Å². The third-order valence-electron chi connectivity index (χ3n) is 2.35. The van der Waals surface area contributed by atoms with Gasteiger partial charge in [-0.2, -0.15) is 5.26 Å². The Balaban J connectivity index is 3.65. The number of nitriles is 1. The number of aliphatic hydroxyl groups is 1. The van der Waals surface area contributed by atoms with Crippen molar-refractivity contribution >= 4 is 0 Å². The highest BCUT2D eigenvalue weighted by Gasteiger charge is 2.16. The minimum atomic E-state index is -0.237. The molecule has 0 saturated heterocycles. The number of hydrogen-bond donors (Lipinski definition) is 1. The van der Waals surface area contributed by atoms with E-state index >= 15 is 0 Å². The highest BCUT2D eigenvalue weighted by Crippen LogP contribution is 2.18. The summed E-state index contributed by atoms with van der Waals surface area (Å²) in [7, 11) is 2.02. The first-order valence-corrected chi connectivity index (χ1v) is 5.15. The zero-order valence-electron chi connectivity index (χ0n) is 9.75. The standard InChI is InChI=1S/C11H22N2O/c1-10(14)5-7-13(4)8-6-11(2,3)9-12/h10,14H,5-8H2,1-4H3. The fourth-order valence-corrected chi connectivity index (χ4v) is 1.05. The topological polar surface area (TPSA) is 47.3 Å². The number of rotatable bonds is 6. The smallest absolute Gasteiger partial charge is 0.0684 e. The summed E-state index contributed by atoms with van der Waals surface area (Å²) < 4.78 is 0. The Morgan fingerprint density at radius 3 is 2.43 bits per heavy atom. The lowest BCUT2D eigenvalue weighted by molar-refractivity contribution is 0.161. The summed E-state index contributed by atoms with van der Waals surface area (Å²) in [5, 5.41) is 17.9. The predicted octanol–water partition coefficient (Wildman–Crippen LogP) is 1.63. The molecule has 0 aliphatic heterocycles.